The van der Waals surface area contributed by atoms with Gasteiger partial charge in [-0.05, 0) is 0 Å². The van der Waals surface area contributed by atoms with Crippen LogP contribution in [0.25, 0.3) is 0 Å². The molecular weight excluding hydrogens is 264 g/mol. The topological polar surface area (TPSA) is 109 Å². The van der Waals surface area contributed by atoms with Gasteiger partial charge in [0, 0.05) is 5.56 Å². The van der Waals surface area contributed by atoms with Crippen LogP contribution in [0, 0.1) is 0 Å². The first-order valence-corrected chi connectivity index (χ1v) is 5.59. The van der Waals surface area contributed by atoms with Crippen LogP contribution in [0.3, 0.4) is 0 Å². The molecule has 1 aromatic heterocycles. The molecule has 20 heavy (non-hydrogen) atoms. The fourth-order valence-electron chi connectivity index (χ4n) is 1.67. The molecule has 7 nitrogen and oxygen atoms in total. The van der Waals surface area contributed by atoms with Crippen LogP contribution in [0.15, 0.2) is 39.9 Å². The minimum Gasteiger partial charge on any atom is -0.464 e. The van der Waals surface area contributed by atoms with Gasteiger partial charge in [-0.3, -0.25) is 24.6 Å². The number of ether oxygens (including phenoxy) is 1. The zero-order chi connectivity index (χ0) is 14.7. The van der Waals surface area contributed by atoms with Gasteiger partial charge >= 0.3 is 11.5 Å². The first-order valence-electron chi connectivity index (χ1n) is 5.59. The summed E-state index contributed by atoms with van der Waals surface area (Å²) >= 11 is 0. The van der Waals surface area contributed by atoms with Crippen LogP contribution in [-0.4, -0.2) is 29.1 Å². The number of esters is 1. The monoisotopic (exact) mass is 274 g/mol. The Balaban J connectivity index is 2.70. The molecule has 1 heterocycles. The summed E-state index contributed by atoms with van der Waals surface area (Å²) in [4.78, 5) is 47.0. The highest BCUT2D eigenvalue weighted by Crippen LogP contribution is 2.09. The van der Waals surface area contributed by atoms with Gasteiger partial charge in [-0.2, -0.15) is 0 Å². The third kappa shape index (κ3) is 2.28. The zero-order valence-electron chi connectivity index (χ0n) is 10.4. The summed E-state index contributed by atoms with van der Waals surface area (Å²) in [6.45, 7) is 0. The Hall–Kier alpha value is -2.96. The average Bonchev–Trinajstić information content (AvgIpc) is 2.49. The second-order valence-electron chi connectivity index (χ2n) is 3.84. The molecule has 102 valence electrons. The van der Waals surface area contributed by atoms with Crippen LogP contribution >= 0.6 is 0 Å². The predicted molar refractivity (Wildman–Crippen MR) is 68.9 cm³/mol. The van der Waals surface area contributed by atoms with Crippen LogP contribution in [0.5, 0.6) is 0 Å². The van der Waals surface area contributed by atoms with Gasteiger partial charge in [0.25, 0.3) is 5.43 Å². The van der Waals surface area contributed by atoms with Crippen molar-refractivity contribution in [3.8, 4) is 0 Å². The first kappa shape index (κ1) is 13.5. The zero-order valence-corrected chi connectivity index (χ0v) is 10.4. The number of benzene rings is 1. The highest BCUT2D eigenvalue weighted by molar-refractivity contribution is 6.13. The minimum absolute atomic E-state index is 0.189. The van der Waals surface area contributed by atoms with E-state index in [1.54, 1.807) is 18.2 Å². The highest BCUT2D eigenvalue weighted by atomic mass is 16.5. The summed E-state index contributed by atoms with van der Waals surface area (Å²) in [7, 11) is 1.10. The average molecular weight is 274 g/mol. The second-order valence-corrected chi connectivity index (χ2v) is 3.84. The summed E-state index contributed by atoms with van der Waals surface area (Å²) in [5, 5.41) is 4.20. The molecule has 0 saturated carbocycles. The second kappa shape index (κ2) is 5.35. The van der Waals surface area contributed by atoms with Crippen molar-refractivity contribution in [1.82, 2.24) is 10.2 Å². The van der Waals surface area contributed by atoms with Gasteiger partial charge in [0.2, 0.25) is 0 Å². The number of ketones is 1. The fraction of sp³-hybridized carbons (Fsp3) is 0.0769. The van der Waals surface area contributed by atoms with E-state index in [0.717, 1.165) is 7.11 Å². The standard InChI is InChI=1S/C13H10N2O5/c1-20-13(19)9-8(11(17)12(18)15-14-9)10(16)7-5-3-2-4-6-7/h2-6H,1H3,(H,14,17)(H,15,18). The van der Waals surface area contributed by atoms with Gasteiger partial charge in [-0.25, -0.2) is 4.79 Å². The third-order valence-electron chi connectivity index (χ3n) is 2.64. The van der Waals surface area contributed by atoms with E-state index in [9.17, 15) is 19.2 Å². The van der Waals surface area contributed by atoms with Crippen molar-refractivity contribution in [2.45, 2.75) is 0 Å². The molecule has 1 aromatic carbocycles. The van der Waals surface area contributed by atoms with Gasteiger partial charge in [0.1, 0.15) is 5.56 Å². The molecule has 0 atom stereocenters. The Morgan fingerprint density at radius 1 is 1.05 bits per heavy atom. The van der Waals surface area contributed by atoms with Gasteiger partial charge in [0.15, 0.2) is 11.5 Å². The minimum atomic E-state index is -1.09. The first-order chi connectivity index (χ1) is 9.56. The van der Waals surface area contributed by atoms with Gasteiger partial charge in [0.05, 0.1) is 7.11 Å². The van der Waals surface area contributed by atoms with Crippen molar-refractivity contribution in [1.29, 1.82) is 0 Å². The van der Waals surface area contributed by atoms with Crippen LogP contribution in [-0.2, 0) is 4.74 Å². The number of hydrogen-bond acceptors (Lipinski definition) is 5. The summed E-state index contributed by atoms with van der Waals surface area (Å²) in [6.07, 6.45) is 0. The number of aromatic amines is 2. The summed E-state index contributed by atoms with van der Waals surface area (Å²) < 4.78 is 4.47. The van der Waals surface area contributed by atoms with E-state index in [2.05, 4.69) is 9.84 Å². The molecule has 2 rings (SSSR count). The maximum absolute atomic E-state index is 12.3. The van der Waals surface area contributed by atoms with Crippen LogP contribution in [0.4, 0.5) is 0 Å². The lowest BCUT2D eigenvalue weighted by Crippen LogP contribution is -2.36. The molecule has 0 aliphatic rings. The smallest absolute Gasteiger partial charge is 0.356 e. The molecule has 0 aliphatic heterocycles. The maximum Gasteiger partial charge on any atom is 0.356 e. The molecule has 0 fully saturated rings. The normalized spacial score (nSPS) is 10.1. The number of carbonyl (C=O) groups excluding carboxylic acids is 2. The molecule has 7 heteroatoms. The Morgan fingerprint density at radius 2 is 1.70 bits per heavy atom. The predicted octanol–water partition coefficient (Wildman–Crippen LogP) is 0.0808. The van der Waals surface area contributed by atoms with Crippen LogP contribution in [0.2, 0.25) is 0 Å². The van der Waals surface area contributed by atoms with E-state index >= 15 is 0 Å². The molecule has 0 saturated heterocycles. The van der Waals surface area contributed by atoms with E-state index < -0.39 is 28.3 Å². The SMILES string of the molecule is COC(=O)c1[nH][nH]c(=O)c(=O)c1C(=O)c1ccccc1. The van der Waals surface area contributed by atoms with Crippen LogP contribution in [0.1, 0.15) is 26.4 Å². The van der Waals surface area contributed by atoms with Crippen molar-refractivity contribution >= 4 is 11.8 Å². The summed E-state index contributed by atoms with van der Waals surface area (Å²) in [5.41, 5.74) is -2.83. The number of methoxy groups -OCH3 is 1. The molecule has 2 N–H and O–H groups in total. The highest BCUT2D eigenvalue weighted by Gasteiger charge is 2.24. The lowest BCUT2D eigenvalue weighted by atomic mass is 10.0. The molecule has 0 aliphatic carbocycles. The van der Waals surface area contributed by atoms with Gasteiger partial charge in [-0.1, -0.05) is 30.3 Å². The van der Waals surface area contributed by atoms with Gasteiger partial charge < -0.3 is 4.74 Å². The van der Waals surface area contributed by atoms with E-state index in [-0.39, 0.29) is 11.3 Å². The summed E-state index contributed by atoms with van der Waals surface area (Å²) in [6, 6.07) is 7.85. The van der Waals surface area contributed by atoms with E-state index in [1.807, 2.05) is 5.10 Å². The van der Waals surface area contributed by atoms with Gasteiger partial charge in [-0.15, -0.1) is 0 Å². The lowest BCUT2D eigenvalue weighted by Gasteiger charge is -2.05. The van der Waals surface area contributed by atoms with Crippen molar-refractivity contribution < 1.29 is 14.3 Å². The van der Waals surface area contributed by atoms with E-state index in [1.165, 1.54) is 12.1 Å². The van der Waals surface area contributed by atoms with Crippen molar-refractivity contribution in [2.24, 2.45) is 0 Å². The van der Waals surface area contributed by atoms with Crippen LogP contribution < -0.4 is 11.0 Å². The number of carbonyl (C=O) groups is 2. The van der Waals surface area contributed by atoms with E-state index in [0.29, 0.717) is 0 Å². The maximum atomic E-state index is 12.3. The largest absolute Gasteiger partial charge is 0.464 e. The Kier molecular flexibility index (Phi) is 3.60. The van der Waals surface area contributed by atoms with E-state index in [4.69, 9.17) is 0 Å². The number of hydrogen-bond donors (Lipinski definition) is 2. The summed E-state index contributed by atoms with van der Waals surface area (Å²) in [5.74, 6) is -1.64. The van der Waals surface area contributed by atoms with Crippen molar-refractivity contribution in [2.75, 3.05) is 7.11 Å². The Labute approximate surface area is 112 Å². The Morgan fingerprint density at radius 3 is 2.30 bits per heavy atom. The third-order valence-corrected chi connectivity index (χ3v) is 2.64. The molecule has 0 amide bonds. The number of aromatic nitrogens is 2. The number of nitrogens with one attached hydrogen (secondary N) is 2. The fourth-order valence-corrected chi connectivity index (χ4v) is 1.67. The molecular formula is C13H10N2O5. The molecule has 0 radical (unpaired) electrons. The van der Waals surface area contributed by atoms with Crippen molar-refractivity contribution in [3.63, 3.8) is 0 Å². The number of H-pyrrole nitrogens is 2. The quantitative estimate of drug-likeness (QED) is 0.468. The Bertz CT molecular complexity index is 773. The number of rotatable bonds is 3. The molecule has 0 spiro atoms. The molecule has 0 bridgehead atoms. The molecule has 0 unspecified atom stereocenters. The van der Waals surface area contributed by atoms with Crippen molar-refractivity contribution in [3.05, 3.63) is 67.7 Å². The molecule has 2 aromatic rings. The lowest BCUT2D eigenvalue weighted by molar-refractivity contribution is 0.0589.